The van der Waals surface area contributed by atoms with Crippen LogP contribution >= 0.6 is 0 Å². The lowest BCUT2D eigenvalue weighted by Gasteiger charge is -2.12. The van der Waals surface area contributed by atoms with Gasteiger partial charge in [0.15, 0.2) is 0 Å². The van der Waals surface area contributed by atoms with E-state index in [9.17, 15) is 0 Å². The van der Waals surface area contributed by atoms with Crippen LogP contribution in [0.3, 0.4) is 0 Å². The number of hydrogen-bond donors (Lipinski definition) is 1. The summed E-state index contributed by atoms with van der Waals surface area (Å²) in [6.07, 6.45) is 2.81. The summed E-state index contributed by atoms with van der Waals surface area (Å²) in [5.74, 6) is 2.03. The molecule has 1 atom stereocenters. The first kappa shape index (κ1) is 13.9. The highest BCUT2D eigenvalue weighted by Gasteiger charge is 2.12. The normalized spacial score (nSPS) is 12.9. The topological polar surface area (TPSA) is 43.0 Å². The van der Waals surface area contributed by atoms with Gasteiger partial charge in [0.05, 0.1) is 29.9 Å². The van der Waals surface area contributed by atoms with Crippen molar-refractivity contribution in [2.75, 3.05) is 0 Å². The number of para-hydroxylation sites is 2. The van der Waals surface area contributed by atoms with Gasteiger partial charge in [-0.1, -0.05) is 19.1 Å². The summed E-state index contributed by atoms with van der Waals surface area (Å²) >= 11 is 0. The standard InChI is InChI=1S/C17H21N3O/c1-3-10-20-15-8-5-4-7-14(15)19-17(20)12-18-13(2)16-9-6-11-21-16/h4-9,11,13,18H,3,10,12H2,1-2H3/t13-/m0/s1. The third kappa shape index (κ3) is 2.85. The molecule has 0 saturated carbocycles. The van der Waals surface area contributed by atoms with Gasteiger partial charge in [0.25, 0.3) is 0 Å². The first-order chi connectivity index (χ1) is 10.3. The number of imidazole rings is 1. The predicted octanol–water partition coefficient (Wildman–Crippen LogP) is 3.89. The lowest BCUT2D eigenvalue weighted by Crippen LogP contribution is -2.20. The van der Waals surface area contributed by atoms with E-state index in [-0.39, 0.29) is 6.04 Å². The maximum absolute atomic E-state index is 5.43. The van der Waals surface area contributed by atoms with Crippen LogP contribution in [0.1, 0.15) is 37.9 Å². The van der Waals surface area contributed by atoms with Crippen LogP contribution in [0.4, 0.5) is 0 Å². The molecule has 0 radical (unpaired) electrons. The van der Waals surface area contributed by atoms with Crippen molar-refractivity contribution in [2.24, 2.45) is 0 Å². The number of fused-ring (bicyclic) bond motifs is 1. The maximum Gasteiger partial charge on any atom is 0.123 e. The minimum Gasteiger partial charge on any atom is -0.468 e. The Kier molecular flexibility index (Phi) is 4.06. The van der Waals surface area contributed by atoms with Crippen LogP contribution in [0.15, 0.2) is 47.1 Å². The minimum absolute atomic E-state index is 0.176. The zero-order valence-corrected chi connectivity index (χ0v) is 12.5. The molecule has 0 saturated heterocycles. The Hall–Kier alpha value is -2.07. The van der Waals surface area contributed by atoms with E-state index >= 15 is 0 Å². The molecule has 4 heteroatoms. The third-order valence-electron chi connectivity index (χ3n) is 3.72. The Morgan fingerprint density at radius 3 is 2.86 bits per heavy atom. The molecule has 0 unspecified atom stereocenters. The molecule has 110 valence electrons. The minimum atomic E-state index is 0.176. The number of hydrogen-bond acceptors (Lipinski definition) is 3. The summed E-state index contributed by atoms with van der Waals surface area (Å²) in [6.45, 7) is 6.02. The summed E-state index contributed by atoms with van der Waals surface area (Å²) in [6, 6.07) is 12.4. The molecule has 3 aromatic rings. The van der Waals surface area contributed by atoms with Crippen molar-refractivity contribution in [3.8, 4) is 0 Å². The third-order valence-corrected chi connectivity index (χ3v) is 3.72. The molecule has 3 rings (SSSR count). The average Bonchev–Trinajstić information content (AvgIpc) is 3.14. The molecular formula is C17H21N3O. The van der Waals surface area contributed by atoms with Crippen LogP contribution in [0, 0.1) is 0 Å². The fourth-order valence-corrected chi connectivity index (χ4v) is 2.62. The van der Waals surface area contributed by atoms with Gasteiger partial charge in [0, 0.05) is 6.54 Å². The molecule has 2 heterocycles. The van der Waals surface area contributed by atoms with Crippen molar-refractivity contribution in [3.63, 3.8) is 0 Å². The Morgan fingerprint density at radius 1 is 1.24 bits per heavy atom. The van der Waals surface area contributed by atoms with Crippen molar-refractivity contribution in [2.45, 2.75) is 39.4 Å². The van der Waals surface area contributed by atoms with Crippen molar-refractivity contribution < 1.29 is 4.42 Å². The van der Waals surface area contributed by atoms with E-state index in [1.807, 2.05) is 18.2 Å². The smallest absolute Gasteiger partial charge is 0.123 e. The Balaban J connectivity index is 1.81. The van der Waals surface area contributed by atoms with Gasteiger partial charge < -0.3 is 14.3 Å². The molecule has 0 amide bonds. The largest absolute Gasteiger partial charge is 0.468 e. The summed E-state index contributed by atoms with van der Waals surface area (Å²) in [5, 5.41) is 3.48. The number of nitrogens with one attached hydrogen (secondary N) is 1. The lowest BCUT2D eigenvalue weighted by molar-refractivity contribution is 0.423. The molecule has 0 aliphatic heterocycles. The van der Waals surface area contributed by atoms with Gasteiger partial charge in [0.1, 0.15) is 11.6 Å². The highest BCUT2D eigenvalue weighted by molar-refractivity contribution is 5.75. The van der Waals surface area contributed by atoms with E-state index in [1.165, 1.54) is 5.52 Å². The highest BCUT2D eigenvalue weighted by atomic mass is 16.3. The van der Waals surface area contributed by atoms with Gasteiger partial charge in [-0.25, -0.2) is 4.98 Å². The van der Waals surface area contributed by atoms with E-state index in [0.717, 1.165) is 36.6 Å². The fourth-order valence-electron chi connectivity index (χ4n) is 2.62. The first-order valence-corrected chi connectivity index (χ1v) is 7.50. The molecule has 1 N–H and O–H groups in total. The van der Waals surface area contributed by atoms with E-state index < -0.39 is 0 Å². The number of benzene rings is 1. The van der Waals surface area contributed by atoms with E-state index in [2.05, 4.69) is 41.9 Å². The molecule has 0 fully saturated rings. The monoisotopic (exact) mass is 283 g/mol. The second-order valence-electron chi connectivity index (χ2n) is 5.29. The lowest BCUT2D eigenvalue weighted by atomic mass is 10.2. The number of furan rings is 1. The van der Waals surface area contributed by atoms with Gasteiger partial charge in [-0.05, 0) is 37.6 Å². The van der Waals surface area contributed by atoms with E-state index in [0.29, 0.717) is 0 Å². The molecule has 0 aliphatic carbocycles. The number of nitrogens with zero attached hydrogens (tertiary/aromatic N) is 2. The van der Waals surface area contributed by atoms with Crippen LogP contribution < -0.4 is 5.32 Å². The van der Waals surface area contributed by atoms with Crippen LogP contribution in [-0.4, -0.2) is 9.55 Å². The second-order valence-corrected chi connectivity index (χ2v) is 5.29. The van der Waals surface area contributed by atoms with E-state index in [1.54, 1.807) is 6.26 Å². The molecule has 4 nitrogen and oxygen atoms in total. The van der Waals surface area contributed by atoms with Gasteiger partial charge in [-0.3, -0.25) is 0 Å². The van der Waals surface area contributed by atoms with Gasteiger partial charge in [-0.2, -0.15) is 0 Å². The second kappa shape index (κ2) is 6.14. The summed E-state index contributed by atoms with van der Waals surface area (Å²) in [7, 11) is 0. The van der Waals surface area contributed by atoms with Crippen molar-refractivity contribution in [1.82, 2.24) is 14.9 Å². The Labute approximate surface area is 124 Å². The first-order valence-electron chi connectivity index (χ1n) is 7.50. The summed E-state index contributed by atoms with van der Waals surface area (Å²) in [4.78, 5) is 4.75. The van der Waals surface area contributed by atoms with Crippen molar-refractivity contribution in [3.05, 3.63) is 54.2 Å². The number of aryl methyl sites for hydroxylation is 1. The molecule has 2 aromatic heterocycles. The van der Waals surface area contributed by atoms with Crippen LogP contribution in [0.25, 0.3) is 11.0 Å². The van der Waals surface area contributed by atoms with Crippen LogP contribution in [0.2, 0.25) is 0 Å². The van der Waals surface area contributed by atoms with Crippen LogP contribution in [0.5, 0.6) is 0 Å². The quantitative estimate of drug-likeness (QED) is 0.746. The summed E-state index contributed by atoms with van der Waals surface area (Å²) in [5.41, 5.74) is 2.27. The Bertz CT molecular complexity index is 700. The molecule has 21 heavy (non-hydrogen) atoms. The maximum atomic E-state index is 5.43. The van der Waals surface area contributed by atoms with Crippen molar-refractivity contribution >= 4 is 11.0 Å². The average molecular weight is 283 g/mol. The van der Waals surface area contributed by atoms with Gasteiger partial charge in [0.2, 0.25) is 0 Å². The van der Waals surface area contributed by atoms with E-state index in [4.69, 9.17) is 9.40 Å². The number of aromatic nitrogens is 2. The Morgan fingerprint density at radius 2 is 2.10 bits per heavy atom. The SMILES string of the molecule is CCCn1c(CN[C@@H](C)c2ccco2)nc2ccccc21. The molecule has 0 spiro atoms. The fraction of sp³-hybridized carbons (Fsp3) is 0.353. The number of rotatable bonds is 6. The van der Waals surface area contributed by atoms with Gasteiger partial charge >= 0.3 is 0 Å². The molecular weight excluding hydrogens is 262 g/mol. The molecule has 0 bridgehead atoms. The highest BCUT2D eigenvalue weighted by Crippen LogP contribution is 2.18. The van der Waals surface area contributed by atoms with Gasteiger partial charge in [-0.15, -0.1) is 0 Å². The zero-order valence-electron chi connectivity index (χ0n) is 12.5. The molecule has 1 aromatic carbocycles. The summed E-state index contributed by atoms with van der Waals surface area (Å²) < 4.78 is 7.73. The van der Waals surface area contributed by atoms with Crippen molar-refractivity contribution in [1.29, 1.82) is 0 Å². The molecule has 0 aliphatic rings. The van der Waals surface area contributed by atoms with Crippen LogP contribution in [-0.2, 0) is 13.1 Å². The zero-order chi connectivity index (χ0) is 14.7. The predicted molar refractivity (Wildman–Crippen MR) is 84.0 cm³/mol.